The van der Waals surface area contributed by atoms with Crippen LogP contribution < -0.4 is 15.7 Å². The summed E-state index contributed by atoms with van der Waals surface area (Å²) in [6.07, 6.45) is -9.34. The Balaban J connectivity index is 1.17. The van der Waals surface area contributed by atoms with Gasteiger partial charge in [0.15, 0.2) is 24.8 Å². The molecule has 1 N–H and O–H groups in total. The van der Waals surface area contributed by atoms with E-state index in [4.69, 9.17) is 37.6 Å². The Morgan fingerprint density at radius 2 is 1.18 bits per heavy atom. The molecule has 0 radical (unpaired) electrons. The number of hydrogen-bond acceptors (Lipinski definition) is 11. The molecule has 14 nitrogen and oxygen atoms in total. The van der Waals surface area contributed by atoms with E-state index in [1.54, 1.807) is 6.92 Å². The van der Waals surface area contributed by atoms with Crippen LogP contribution in [0.5, 0.6) is 0 Å². The molecule has 15 heteroatoms. The number of benzene rings is 5. The molecule has 338 valence electrons. The number of carbonyl (C=O) groups is 2. The molecule has 3 heterocycles. The van der Waals surface area contributed by atoms with Crippen LogP contribution in [-0.2, 0) is 62.2 Å². The molecule has 5 aromatic rings. The van der Waals surface area contributed by atoms with Crippen LogP contribution in [0.1, 0.15) is 44.4 Å². The zero-order valence-electron chi connectivity index (χ0n) is 36.8. The molecule has 10 atom stereocenters. The van der Waals surface area contributed by atoms with Gasteiger partial charge < -0.3 is 42.9 Å². The summed E-state index contributed by atoms with van der Waals surface area (Å²) in [5.74, 6) is -0.633. The fourth-order valence-electron chi connectivity index (χ4n) is 8.91. The number of carbonyl (C=O) groups excluding carboxylic acids is 2. The van der Waals surface area contributed by atoms with Crippen LogP contribution in [0, 0.1) is 0 Å². The molecule has 3 aliphatic heterocycles. The second-order valence-electron chi connectivity index (χ2n) is 17.4. The summed E-state index contributed by atoms with van der Waals surface area (Å²) in [5, 5.41) is 8.73. The number of esters is 1. The van der Waals surface area contributed by atoms with Gasteiger partial charge in [-0.1, -0.05) is 178 Å². The second-order valence-corrected chi connectivity index (χ2v) is 21.6. The van der Waals surface area contributed by atoms with E-state index in [2.05, 4.69) is 36.1 Å². The van der Waals surface area contributed by atoms with E-state index in [0.717, 1.165) is 27.1 Å². The highest BCUT2D eigenvalue weighted by Gasteiger charge is 2.61. The Kier molecular flexibility index (Phi) is 14.4. The molecule has 0 saturated carbocycles. The van der Waals surface area contributed by atoms with Gasteiger partial charge in [-0.15, -0.1) is 0 Å². The first kappa shape index (κ1) is 45.7. The van der Waals surface area contributed by atoms with Gasteiger partial charge in [0, 0.05) is 4.91 Å². The molecule has 8 rings (SSSR count). The minimum Gasteiger partial charge on any atom is -0.454 e. The van der Waals surface area contributed by atoms with Crippen LogP contribution in [-0.4, -0.2) is 81.7 Å². The zero-order chi connectivity index (χ0) is 45.4. The number of ether oxygens (including phenoxy) is 7. The normalized spacial score (nSPS) is 26.4. The van der Waals surface area contributed by atoms with Crippen LogP contribution in [0.3, 0.4) is 0 Å². The molecule has 0 unspecified atom stereocenters. The Morgan fingerprint density at radius 1 is 0.692 bits per heavy atom. The molecule has 0 aliphatic carbocycles. The molecule has 65 heavy (non-hydrogen) atoms. The van der Waals surface area contributed by atoms with Crippen molar-refractivity contribution in [1.82, 2.24) is 5.32 Å². The maximum atomic E-state index is 13.7. The number of alkyl carbamates (subject to hydrolysis) is 1. The standard InChI is InChI=1S/C50H54N4O10Si/c1-33-39(52-49(56)59-32-36-24-14-7-15-25-36)41(40(53-54-51)47(60-33)64-65(50(2,3)4,37-26-16-8-17-27-37)38-28-18-9-19-29-38)62-48-45(58-31-35-22-12-6-13-23-35)43-42(44(63-48)46(55)61-43)57-30-34-20-10-5-11-21-34/h5-29,33,39-45,47-48H,30-32H2,1-4H3,(H,52,56)/t33-,39+,40-,41+,42-,43+,44+,45-,47+,48+/m1/s1. The minimum absolute atomic E-state index is 0.00611. The fraction of sp³-hybridized carbons (Fsp3) is 0.360. The molecule has 5 aromatic carbocycles. The summed E-state index contributed by atoms with van der Waals surface area (Å²) in [7, 11) is -3.37. The number of nitrogens with one attached hydrogen (secondary N) is 1. The van der Waals surface area contributed by atoms with Gasteiger partial charge in [-0.2, -0.15) is 0 Å². The first-order valence-electron chi connectivity index (χ1n) is 21.8. The summed E-state index contributed by atoms with van der Waals surface area (Å²) < 4.78 is 52.4. The number of azide groups is 1. The number of nitrogens with zero attached hydrogens (tertiary/aromatic N) is 3. The van der Waals surface area contributed by atoms with Gasteiger partial charge in [0.05, 0.1) is 31.5 Å². The smallest absolute Gasteiger partial charge is 0.407 e. The number of hydrogen-bond donors (Lipinski definition) is 1. The molecular weight excluding hydrogens is 845 g/mol. The SMILES string of the molecule is C[C@H]1O[C@@H](O[Si](c2ccccc2)(c2ccccc2)C(C)(C)C)[C@H](N=[N+]=[N-])[C@@H](O[C@H]2O[C@@H]3C(=O)O[C@@H]([C@H]3OCc3ccccc3)[C@H]2OCc2ccccc2)[C@H]1NC(=O)OCc1ccccc1. The lowest BCUT2D eigenvalue weighted by Crippen LogP contribution is -2.72. The number of fused-ring (bicyclic) bond motifs is 2. The third-order valence-corrected chi connectivity index (χ3v) is 17.0. The highest BCUT2D eigenvalue weighted by atomic mass is 28.4. The summed E-state index contributed by atoms with van der Waals surface area (Å²) in [4.78, 5) is 30.7. The summed E-state index contributed by atoms with van der Waals surface area (Å²) in [6.45, 7) is 8.45. The topological polar surface area (TPSA) is 169 Å². The van der Waals surface area contributed by atoms with Crippen LogP contribution in [0.4, 0.5) is 4.79 Å². The van der Waals surface area contributed by atoms with Gasteiger partial charge in [0.1, 0.15) is 24.9 Å². The molecular formula is C50H54N4O10Si. The van der Waals surface area contributed by atoms with Crippen molar-refractivity contribution in [3.05, 3.63) is 179 Å². The minimum atomic E-state index is -3.37. The fourth-order valence-corrected chi connectivity index (χ4v) is 13.5. The maximum Gasteiger partial charge on any atom is 0.407 e. The second kappa shape index (κ2) is 20.5. The Labute approximate surface area is 379 Å². The van der Waals surface area contributed by atoms with Gasteiger partial charge in [-0.25, -0.2) is 9.59 Å². The average molecular weight is 899 g/mol. The van der Waals surface area contributed by atoms with Gasteiger partial charge in [0.2, 0.25) is 0 Å². The average Bonchev–Trinajstić information content (AvgIpc) is 3.55. The van der Waals surface area contributed by atoms with Crippen molar-refractivity contribution < 1.29 is 47.2 Å². The largest absolute Gasteiger partial charge is 0.454 e. The Morgan fingerprint density at radius 3 is 1.69 bits per heavy atom. The lowest BCUT2D eigenvalue weighted by Gasteiger charge is -2.51. The maximum absolute atomic E-state index is 13.7. The molecule has 2 bridgehead atoms. The van der Waals surface area contributed by atoms with E-state index in [1.807, 2.05) is 152 Å². The van der Waals surface area contributed by atoms with Crippen molar-refractivity contribution in [3.63, 3.8) is 0 Å². The van der Waals surface area contributed by atoms with Crippen LogP contribution in [0.15, 0.2) is 157 Å². The third kappa shape index (κ3) is 10.2. The summed E-state index contributed by atoms with van der Waals surface area (Å²) in [6, 6.07) is 46.1. The van der Waals surface area contributed by atoms with E-state index >= 15 is 0 Å². The van der Waals surface area contributed by atoms with Gasteiger partial charge >= 0.3 is 12.1 Å². The molecule has 3 saturated heterocycles. The van der Waals surface area contributed by atoms with E-state index in [-0.39, 0.29) is 19.8 Å². The van der Waals surface area contributed by atoms with E-state index < -0.39 is 86.7 Å². The van der Waals surface area contributed by atoms with Gasteiger partial charge in [-0.05, 0) is 44.6 Å². The van der Waals surface area contributed by atoms with Gasteiger partial charge in [-0.3, -0.25) is 0 Å². The quantitative estimate of drug-likeness (QED) is 0.0345. The lowest BCUT2D eigenvalue weighted by molar-refractivity contribution is -0.313. The van der Waals surface area contributed by atoms with Crippen molar-refractivity contribution in [2.24, 2.45) is 5.11 Å². The first-order valence-corrected chi connectivity index (χ1v) is 23.7. The zero-order valence-corrected chi connectivity index (χ0v) is 37.8. The molecule has 0 spiro atoms. The third-order valence-electron chi connectivity index (χ3n) is 12.1. The highest BCUT2D eigenvalue weighted by Crippen LogP contribution is 2.42. The summed E-state index contributed by atoms with van der Waals surface area (Å²) >= 11 is 0. The Bertz CT molecular complexity index is 2340. The van der Waals surface area contributed by atoms with Crippen molar-refractivity contribution in [3.8, 4) is 0 Å². The van der Waals surface area contributed by atoms with Crippen LogP contribution in [0.2, 0.25) is 5.04 Å². The van der Waals surface area contributed by atoms with Crippen molar-refractivity contribution in [1.29, 1.82) is 0 Å². The number of rotatable bonds is 16. The first-order chi connectivity index (χ1) is 31.6. The highest BCUT2D eigenvalue weighted by molar-refractivity contribution is 6.99. The van der Waals surface area contributed by atoms with Crippen molar-refractivity contribution in [2.45, 2.75) is 114 Å². The Hall–Kier alpha value is -5.87. The molecule has 3 fully saturated rings. The van der Waals surface area contributed by atoms with Gasteiger partial charge in [0.25, 0.3) is 8.32 Å². The van der Waals surface area contributed by atoms with E-state index in [9.17, 15) is 15.1 Å². The lowest BCUT2D eigenvalue weighted by atomic mass is 9.94. The van der Waals surface area contributed by atoms with E-state index in [0.29, 0.717) is 0 Å². The van der Waals surface area contributed by atoms with Crippen LogP contribution >= 0.6 is 0 Å². The monoisotopic (exact) mass is 898 g/mol. The van der Waals surface area contributed by atoms with E-state index in [1.165, 1.54) is 0 Å². The predicted octanol–water partition coefficient (Wildman–Crippen LogP) is 7.49. The number of amides is 1. The molecule has 1 amide bonds. The summed E-state index contributed by atoms with van der Waals surface area (Å²) in [5.41, 5.74) is 12.9. The van der Waals surface area contributed by atoms with Crippen molar-refractivity contribution >= 4 is 30.8 Å². The predicted molar refractivity (Wildman–Crippen MR) is 243 cm³/mol. The molecule has 3 aliphatic rings. The molecule has 0 aromatic heterocycles. The van der Waals surface area contributed by atoms with Crippen molar-refractivity contribution in [2.75, 3.05) is 0 Å². The van der Waals surface area contributed by atoms with Crippen LogP contribution in [0.25, 0.3) is 10.4 Å².